The summed E-state index contributed by atoms with van der Waals surface area (Å²) in [5, 5.41) is 0. The zero-order chi connectivity index (χ0) is 12.6. The predicted octanol–water partition coefficient (Wildman–Crippen LogP) is 4.86. The normalized spacial score (nSPS) is 18.5. The van der Waals surface area contributed by atoms with Crippen LogP contribution in [0.5, 0.6) is 0 Å². The van der Waals surface area contributed by atoms with E-state index in [1.54, 1.807) is 0 Å². The number of likely N-dealkylation sites (tertiary alicyclic amines) is 1. The maximum absolute atomic E-state index is 2.68. The molecule has 1 heteroatoms. The molecule has 0 spiro atoms. The van der Waals surface area contributed by atoms with E-state index in [1.807, 2.05) is 0 Å². The highest BCUT2D eigenvalue weighted by Gasteiger charge is 2.19. The first kappa shape index (κ1) is 15.0. The van der Waals surface area contributed by atoms with Gasteiger partial charge in [-0.3, -0.25) is 0 Å². The maximum atomic E-state index is 2.68. The van der Waals surface area contributed by atoms with E-state index in [1.165, 1.54) is 77.4 Å². The van der Waals surface area contributed by atoms with Crippen LogP contribution < -0.4 is 0 Å². The summed E-state index contributed by atoms with van der Waals surface area (Å²) in [6.45, 7) is 11.3. The van der Waals surface area contributed by atoms with Crippen LogP contribution in [0.15, 0.2) is 0 Å². The first-order valence-electron chi connectivity index (χ1n) is 7.86. The maximum Gasteiger partial charge on any atom is -0.00136 e. The van der Waals surface area contributed by atoms with Crippen molar-refractivity contribution in [3.8, 4) is 0 Å². The van der Waals surface area contributed by atoms with E-state index < -0.39 is 0 Å². The van der Waals surface area contributed by atoms with Crippen molar-refractivity contribution in [1.82, 2.24) is 4.90 Å². The highest BCUT2D eigenvalue weighted by molar-refractivity contribution is 4.73. The molecule has 1 heterocycles. The van der Waals surface area contributed by atoms with Crippen LogP contribution in [0, 0.1) is 5.41 Å². The zero-order valence-electron chi connectivity index (χ0n) is 12.4. The van der Waals surface area contributed by atoms with Gasteiger partial charge in [-0.2, -0.15) is 0 Å². The van der Waals surface area contributed by atoms with Crippen LogP contribution in [0.4, 0.5) is 0 Å². The third-order valence-electron chi connectivity index (χ3n) is 4.26. The minimum Gasteiger partial charge on any atom is -0.303 e. The van der Waals surface area contributed by atoms with Gasteiger partial charge in [0.05, 0.1) is 0 Å². The van der Waals surface area contributed by atoms with Crippen molar-refractivity contribution in [1.29, 1.82) is 0 Å². The molecule has 17 heavy (non-hydrogen) atoms. The van der Waals surface area contributed by atoms with Gasteiger partial charge in [0.1, 0.15) is 0 Å². The summed E-state index contributed by atoms with van der Waals surface area (Å²) in [4.78, 5) is 2.68. The van der Waals surface area contributed by atoms with Crippen molar-refractivity contribution in [2.24, 2.45) is 5.41 Å². The van der Waals surface area contributed by atoms with Crippen LogP contribution in [0.3, 0.4) is 0 Å². The van der Waals surface area contributed by atoms with Gasteiger partial charge in [0.15, 0.2) is 0 Å². The van der Waals surface area contributed by atoms with Crippen LogP contribution in [-0.4, -0.2) is 24.5 Å². The lowest BCUT2D eigenvalue weighted by molar-refractivity contribution is 0.182. The molecule has 0 aliphatic carbocycles. The summed E-state index contributed by atoms with van der Waals surface area (Å²) in [5.74, 6) is 0. The number of piperidine rings is 1. The molecule has 1 nitrogen and oxygen atoms in total. The number of nitrogens with zero attached hydrogens (tertiary/aromatic N) is 1. The largest absolute Gasteiger partial charge is 0.303 e. The highest BCUT2D eigenvalue weighted by atomic mass is 15.1. The van der Waals surface area contributed by atoms with E-state index in [-0.39, 0.29) is 0 Å². The van der Waals surface area contributed by atoms with Gasteiger partial charge >= 0.3 is 0 Å². The standard InChI is InChI=1S/C16H33N/c1-4-5-6-8-11-16(2,3)12-15-17-13-9-7-10-14-17/h4-15H2,1-3H3. The molecule has 0 unspecified atom stereocenters. The molecule has 0 bridgehead atoms. The Bertz CT molecular complexity index is 180. The van der Waals surface area contributed by atoms with E-state index >= 15 is 0 Å². The first-order chi connectivity index (χ1) is 8.14. The highest BCUT2D eigenvalue weighted by Crippen LogP contribution is 2.28. The molecule has 1 aliphatic heterocycles. The lowest BCUT2D eigenvalue weighted by Gasteiger charge is -2.31. The van der Waals surface area contributed by atoms with Gasteiger partial charge in [-0.15, -0.1) is 0 Å². The molecule has 0 aromatic heterocycles. The Balaban J connectivity index is 2.09. The van der Waals surface area contributed by atoms with Gasteiger partial charge in [0.25, 0.3) is 0 Å². The lowest BCUT2D eigenvalue weighted by atomic mass is 9.83. The van der Waals surface area contributed by atoms with Gasteiger partial charge in [-0.1, -0.05) is 52.9 Å². The van der Waals surface area contributed by atoms with E-state index in [0.717, 1.165) is 0 Å². The van der Waals surface area contributed by atoms with Gasteiger partial charge in [0.2, 0.25) is 0 Å². The molecule has 1 rings (SSSR count). The molecule has 102 valence electrons. The third kappa shape index (κ3) is 7.08. The van der Waals surface area contributed by atoms with Crippen molar-refractivity contribution in [3.63, 3.8) is 0 Å². The number of rotatable bonds is 8. The first-order valence-corrected chi connectivity index (χ1v) is 7.86. The van der Waals surface area contributed by atoms with Crippen LogP contribution in [0.2, 0.25) is 0 Å². The average molecular weight is 239 g/mol. The third-order valence-corrected chi connectivity index (χ3v) is 4.26. The zero-order valence-corrected chi connectivity index (χ0v) is 12.4. The molecule has 1 saturated heterocycles. The van der Waals surface area contributed by atoms with E-state index in [4.69, 9.17) is 0 Å². The molecule has 0 atom stereocenters. The Hall–Kier alpha value is -0.0400. The Kier molecular flexibility index (Phi) is 7.18. The molecule has 0 aromatic rings. The Morgan fingerprint density at radius 2 is 1.59 bits per heavy atom. The van der Waals surface area contributed by atoms with Gasteiger partial charge in [0, 0.05) is 0 Å². The van der Waals surface area contributed by atoms with Gasteiger partial charge in [-0.05, 0) is 50.7 Å². The summed E-state index contributed by atoms with van der Waals surface area (Å²) in [6.07, 6.45) is 12.8. The number of hydrogen-bond acceptors (Lipinski definition) is 1. The van der Waals surface area contributed by atoms with Gasteiger partial charge in [-0.25, -0.2) is 0 Å². The fourth-order valence-corrected chi connectivity index (χ4v) is 2.80. The summed E-state index contributed by atoms with van der Waals surface area (Å²) in [6, 6.07) is 0. The van der Waals surface area contributed by atoms with Crippen molar-refractivity contribution < 1.29 is 0 Å². The van der Waals surface area contributed by atoms with Crippen molar-refractivity contribution in [2.75, 3.05) is 19.6 Å². The fraction of sp³-hybridized carbons (Fsp3) is 1.00. The quantitative estimate of drug-likeness (QED) is 0.547. The number of unbranched alkanes of at least 4 members (excludes halogenated alkanes) is 3. The minimum absolute atomic E-state index is 0.561. The second-order valence-corrected chi connectivity index (χ2v) is 6.63. The average Bonchev–Trinajstić information content (AvgIpc) is 2.34. The molecule has 0 amide bonds. The predicted molar refractivity (Wildman–Crippen MR) is 77.4 cm³/mol. The van der Waals surface area contributed by atoms with Crippen LogP contribution in [0.1, 0.15) is 78.6 Å². The lowest BCUT2D eigenvalue weighted by Crippen LogP contribution is -2.32. The van der Waals surface area contributed by atoms with E-state index in [0.29, 0.717) is 5.41 Å². The van der Waals surface area contributed by atoms with Crippen LogP contribution >= 0.6 is 0 Å². The molecule has 1 aliphatic rings. The molecule has 1 fully saturated rings. The van der Waals surface area contributed by atoms with Crippen LogP contribution in [0.25, 0.3) is 0 Å². The Morgan fingerprint density at radius 1 is 0.882 bits per heavy atom. The fourth-order valence-electron chi connectivity index (χ4n) is 2.80. The smallest absolute Gasteiger partial charge is 0.00136 e. The summed E-state index contributed by atoms with van der Waals surface area (Å²) in [7, 11) is 0. The van der Waals surface area contributed by atoms with Crippen LogP contribution in [-0.2, 0) is 0 Å². The summed E-state index contributed by atoms with van der Waals surface area (Å²) in [5.41, 5.74) is 0.561. The SMILES string of the molecule is CCCCCCC(C)(C)CCN1CCCCC1. The molecular formula is C16H33N. The second kappa shape index (κ2) is 8.13. The Labute approximate surface area is 109 Å². The Morgan fingerprint density at radius 3 is 2.24 bits per heavy atom. The van der Waals surface area contributed by atoms with E-state index in [2.05, 4.69) is 25.7 Å². The molecule has 0 saturated carbocycles. The summed E-state index contributed by atoms with van der Waals surface area (Å²) >= 11 is 0. The minimum atomic E-state index is 0.561. The van der Waals surface area contributed by atoms with E-state index in [9.17, 15) is 0 Å². The summed E-state index contributed by atoms with van der Waals surface area (Å²) < 4.78 is 0. The second-order valence-electron chi connectivity index (χ2n) is 6.63. The topological polar surface area (TPSA) is 3.24 Å². The monoisotopic (exact) mass is 239 g/mol. The molecule has 0 aromatic carbocycles. The van der Waals surface area contributed by atoms with Crippen molar-refractivity contribution in [2.45, 2.75) is 78.6 Å². The van der Waals surface area contributed by atoms with Crippen molar-refractivity contribution >= 4 is 0 Å². The number of hydrogen-bond donors (Lipinski definition) is 0. The van der Waals surface area contributed by atoms with Crippen molar-refractivity contribution in [3.05, 3.63) is 0 Å². The molecule has 0 radical (unpaired) electrons. The molecule has 0 N–H and O–H groups in total. The molecular weight excluding hydrogens is 206 g/mol. The van der Waals surface area contributed by atoms with Gasteiger partial charge < -0.3 is 4.90 Å².